The molecule has 50 heavy (non-hydrogen) atoms. The van der Waals surface area contributed by atoms with Crippen molar-refractivity contribution in [1.82, 2.24) is 5.32 Å². The molecular weight excluding hydrogens is 634 g/mol. The van der Waals surface area contributed by atoms with Crippen molar-refractivity contribution in [3.63, 3.8) is 0 Å². The van der Waals surface area contributed by atoms with Crippen molar-refractivity contribution in [2.24, 2.45) is 0 Å². The highest BCUT2D eigenvalue weighted by atomic mass is 16.7. The van der Waals surface area contributed by atoms with E-state index in [9.17, 15) is 30.3 Å². The topological polar surface area (TPSA) is 149 Å². The van der Waals surface area contributed by atoms with Gasteiger partial charge >= 0.3 is 0 Å². The van der Waals surface area contributed by atoms with Crippen molar-refractivity contribution in [2.75, 3.05) is 13.2 Å². The van der Waals surface area contributed by atoms with Crippen LogP contribution in [0.15, 0.2) is 12.2 Å². The van der Waals surface area contributed by atoms with Crippen LogP contribution in [0.2, 0.25) is 0 Å². The lowest BCUT2D eigenvalue weighted by molar-refractivity contribution is -0.302. The molecule has 1 heterocycles. The molecular formula is C41H79NO8. The van der Waals surface area contributed by atoms with E-state index >= 15 is 0 Å². The number of hydrogen-bond donors (Lipinski definition) is 6. The third-order valence-electron chi connectivity index (χ3n) is 10.1. The van der Waals surface area contributed by atoms with E-state index in [1.165, 1.54) is 109 Å². The third kappa shape index (κ3) is 23.5. The van der Waals surface area contributed by atoms with E-state index in [0.717, 1.165) is 51.4 Å². The Balaban J connectivity index is 2.38. The minimum absolute atomic E-state index is 0.139. The highest BCUT2D eigenvalue weighted by Crippen LogP contribution is 2.23. The van der Waals surface area contributed by atoms with Gasteiger partial charge in [-0.2, -0.15) is 0 Å². The quantitative estimate of drug-likeness (QED) is 0.0293. The second-order valence-corrected chi connectivity index (χ2v) is 14.8. The van der Waals surface area contributed by atoms with Crippen LogP contribution in [0, 0.1) is 0 Å². The molecule has 296 valence electrons. The Morgan fingerprint density at radius 3 is 1.62 bits per heavy atom. The maximum absolute atomic E-state index is 12.9. The molecule has 0 radical (unpaired) electrons. The largest absolute Gasteiger partial charge is 0.394 e. The molecule has 7 atom stereocenters. The molecule has 1 aliphatic rings. The second kappa shape index (κ2) is 32.6. The first kappa shape index (κ1) is 47.0. The highest BCUT2D eigenvalue weighted by molar-refractivity contribution is 5.76. The Morgan fingerprint density at radius 2 is 1.12 bits per heavy atom. The summed E-state index contributed by atoms with van der Waals surface area (Å²) in [4.78, 5) is 12.9. The molecule has 0 bridgehead atoms. The fourth-order valence-electron chi connectivity index (χ4n) is 6.68. The molecule has 0 aromatic carbocycles. The zero-order valence-electron chi connectivity index (χ0n) is 32.2. The fraction of sp³-hybridized carbons (Fsp3) is 0.927. The normalized spacial score (nSPS) is 22.3. The van der Waals surface area contributed by atoms with Crippen LogP contribution in [0.4, 0.5) is 0 Å². The van der Waals surface area contributed by atoms with Gasteiger partial charge in [-0.3, -0.25) is 4.79 Å². The van der Waals surface area contributed by atoms with Crippen LogP contribution in [-0.4, -0.2) is 87.5 Å². The van der Waals surface area contributed by atoms with Gasteiger partial charge in [0.2, 0.25) is 5.91 Å². The zero-order chi connectivity index (χ0) is 36.7. The van der Waals surface area contributed by atoms with Gasteiger partial charge in [0.25, 0.3) is 0 Å². The van der Waals surface area contributed by atoms with Gasteiger partial charge in [0, 0.05) is 6.42 Å². The Bertz CT molecular complexity index is 797. The highest BCUT2D eigenvalue weighted by Gasteiger charge is 2.44. The van der Waals surface area contributed by atoms with E-state index in [4.69, 9.17) is 9.47 Å². The van der Waals surface area contributed by atoms with Crippen molar-refractivity contribution in [3.8, 4) is 0 Å². The van der Waals surface area contributed by atoms with Crippen molar-refractivity contribution in [3.05, 3.63) is 12.2 Å². The van der Waals surface area contributed by atoms with Gasteiger partial charge in [0.1, 0.15) is 24.4 Å². The predicted octanol–water partition coefficient (Wildman–Crippen LogP) is 7.78. The zero-order valence-corrected chi connectivity index (χ0v) is 32.2. The number of hydrogen-bond acceptors (Lipinski definition) is 8. The van der Waals surface area contributed by atoms with Crippen molar-refractivity contribution in [1.29, 1.82) is 0 Å². The lowest BCUT2D eigenvalue weighted by Gasteiger charge is -2.40. The number of unbranched alkanes of at least 4 members (excludes halogenated alkanes) is 22. The maximum atomic E-state index is 12.9. The Hall–Kier alpha value is -1.07. The monoisotopic (exact) mass is 714 g/mol. The molecule has 6 N–H and O–H groups in total. The maximum Gasteiger partial charge on any atom is 0.220 e. The summed E-state index contributed by atoms with van der Waals surface area (Å²) in [5.74, 6) is -0.154. The lowest BCUT2D eigenvalue weighted by atomic mass is 9.99. The number of amides is 1. The number of carbonyl (C=O) groups is 1. The number of allylic oxidation sites excluding steroid dienone is 2. The summed E-state index contributed by atoms with van der Waals surface area (Å²) in [6.45, 7) is 3.80. The molecule has 0 spiro atoms. The third-order valence-corrected chi connectivity index (χ3v) is 10.1. The summed E-state index contributed by atoms with van der Waals surface area (Å²) in [5.41, 5.74) is 0. The van der Waals surface area contributed by atoms with Crippen molar-refractivity contribution in [2.45, 2.75) is 230 Å². The average Bonchev–Trinajstić information content (AvgIpc) is 3.11. The Labute approximate surface area is 306 Å². The van der Waals surface area contributed by atoms with Crippen LogP contribution in [0.3, 0.4) is 0 Å². The molecule has 1 rings (SSSR count). The lowest BCUT2D eigenvalue weighted by Crippen LogP contribution is -2.60. The van der Waals surface area contributed by atoms with Gasteiger partial charge in [-0.15, -0.1) is 0 Å². The fourth-order valence-corrected chi connectivity index (χ4v) is 6.68. The van der Waals surface area contributed by atoms with Crippen LogP contribution in [-0.2, 0) is 14.3 Å². The average molecular weight is 714 g/mol. The summed E-state index contributed by atoms with van der Waals surface area (Å²) in [5, 5.41) is 54.1. The molecule has 1 aliphatic heterocycles. The SMILES string of the molecule is CCCCCCCC/C=C\CCCCCCCC(=O)NC(COC1OC(CO)C(O)C(O)C1O)C(O)CCCCCCCCCCCCCC. The standard InChI is InChI=1S/C41H79NO8/c1-3-5-7-9-11-13-15-17-18-19-21-23-25-27-29-31-37(45)42-34(33-49-41-40(48)39(47)38(46)36(32-43)50-41)35(44)30-28-26-24-22-20-16-14-12-10-8-6-4-2/h17-18,34-36,38-41,43-44,46-48H,3-16,19-33H2,1-2H3,(H,42,45)/b18-17-. The summed E-state index contributed by atoms with van der Waals surface area (Å²) < 4.78 is 11.2. The Kier molecular flexibility index (Phi) is 30.6. The minimum atomic E-state index is -1.55. The van der Waals surface area contributed by atoms with Crippen LogP contribution in [0.25, 0.3) is 0 Å². The van der Waals surface area contributed by atoms with Gasteiger partial charge in [-0.1, -0.05) is 154 Å². The molecule has 7 unspecified atom stereocenters. The first-order valence-corrected chi connectivity index (χ1v) is 20.9. The van der Waals surface area contributed by atoms with E-state index in [1.54, 1.807) is 0 Å². The summed E-state index contributed by atoms with van der Waals surface area (Å²) >= 11 is 0. The van der Waals surface area contributed by atoms with Gasteiger partial charge < -0.3 is 40.3 Å². The molecule has 0 aromatic heterocycles. The number of aliphatic hydroxyl groups is 5. The molecule has 9 nitrogen and oxygen atoms in total. The molecule has 1 saturated heterocycles. The van der Waals surface area contributed by atoms with E-state index in [2.05, 4.69) is 31.3 Å². The van der Waals surface area contributed by atoms with Crippen molar-refractivity contribution >= 4 is 5.91 Å². The number of aliphatic hydroxyl groups excluding tert-OH is 5. The molecule has 0 aliphatic carbocycles. The first-order valence-electron chi connectivity index (χ1n) is 20.9. The predicted molar refractivity (Wildman–Crippen MR) is 203 cm³/mol. The summed E-state index contributed by atoms with van der Waals surface area (Å²) in [6.07, 6.45) is 27.8. The van der Waals surface area contributed by atoms with Gasteiger partial charge in [-0.05, 0) is 38.5 Å². The summed E-state index contributed by atoms with van der Waals surface area (Å²) in [6, 6.07) is -0.717. The van der Waals surface area contributed by atoms with Crippen LogP contribution in [0.5, 0.6) is 0 Å². The molecule has 1 fully saturated rings. The molecule has 0 aromatic rings. The van der Waals surface area contributed by atoms with Gasteiger partial charge in [-0.25, -0.2) is 0 Å². The first-order chi connectivity index (χ1) is 24.3. The van der Waals surface area contributed by atoms with E-state index in [0.29, 0.717) is 12.8 Å². The Morgan fingerprint density at radius 1 is 0.660 bits per heavy atom. The number of nitrogens with one attached hydrogen (secondary N) is 1. The molecule has 1 amide bonds. The number of carbonyl (C=O) groups excluding carboxylic acids is 1. The smallest absolute Gasteiger partial charge is 0.220 e. The van der Waals surface area contributed by atoms with Gasteiger partial charge in [0.05, 0.1) is 25.4 Å². The van der Waals surface area contributed by atoms with Crippen molar-refractivity contribution < 1.29 is 39.8 Å². The van der Waals surface area contributed by atoms with Crippen LogP contribution in [0.1, 0.15) is 187 Å². The minimum Gasteiger partial charge on any atom is -0.394 e. The number of ether oxygens (including phenoxy) is 2. The van der Waals surface area contributed by atoms with Crippen LogP contribution < -0.4 is 5.32 Å². The van der Waals surface area contributed by atoms with E-state index in [1.807, 2.05) is 0 Å². The van der Waals surface area contributed by atoms with E-state index in [-0.39, 0.29) is 12.5 Å². The summed E-state index contributed by atoms with van der Waals surface area (Å²) in [7, 11) is 0. The second-order valence-electron chi connectivity index (χ2n) is 14.8. The van der Waals surface area contributed by atoms with E-state index < -0.39 is 49.5 Å². The van der Waals surface area contributed by atoms with Gasteiger partial charge in [0.15, 0.2) is 6.29 Å². The molecule has 9 heteroatoms. The number of rotatable bonds is 34. The van der Waals surface area contributed by atoms with Crippen LogP contribution >= 0.6 is 0 Å². The molecule has 0 saturated carbocycles.